The maximum absolute atomic E-state index is 4.80. The molecule has 0 bridgehead atoms. The van der Waals surface area contributed by atoms with Gasteiger partial charge in [-0.05, 0) is 37.8 Å². The minimum Gasteiger partial charge on any atom is -0.362 e. The van der Waals surface area contributed by atoms with Gasteiger partial charge in [-0.25, -0.2) is 4.98 Å². The average Bonchev–Trinajstić information content (AvgIpc) is 3.32. The highest BCUT2D eigenvalue weighted by Gasteiger charge is 2.22. The van der Waals surface area contributed by atoms with Crippen LogP contribution in [0, 0.1) is 0 Å². The molecule has 33 heavy (non-hydrogen) atoms. The highest BCUT2D eigenvalue weighted by Crippen LogP contribution is 2.27. The third-order valence-corrected chi connectivity index (χ3v) is 6.41. The monoisotopic (exact) mass is 441 g/mol. The molecule has 5 rings (SSSR count). The fraction of sp³-hybridized carbons (Fsp3) is 0.346. The van der Waals surface area contributed by atoms with E-state index in [1.165, 1.54) is 5.56 Å². The van der Waals surface area contributed by atoms with Crippen molar-refractivity contribution in [3.05, 3.63) is 66.4 Å². The Labute approximate surface area is 194 Å². The van der Waals surface area contributed by atoms with Gasteiger partial charge in [0.2, 0.25) is 5.95 Å². The van der Waals surface area contributed by atoms with Crippen molar-refractivity contribution in [2.75, 3.05) is 24.3 Å². The van der Waals surface area contributed by atoms with Gasteiger partial charge in [0.15, 0.2) is 0 Å². The van der Waals surface area contributed by atoms with Crippen LogP contribution in [0.25, 0.3) is 22.2 Å². The topological polar surface area (TPSA) is 81.8 Å². The Morgan fingerprint density at radius 3 is 2.42 bits per heavy atom. The normalized spacial score (nSPS) is 18.4. The Hall–Kier alpha value is -3.45. The quantitative estimate of drug-likeness (QED) is 0.389. The Bertz CT molecular complexity index is 1190. The Morgan fingerprint density at radius 2 is 1.64 bits per heavy atom. The predicted molar refractivity (Wildman–Crippen MR) is 134 cm³/mol. The van der Waals surface area contributed by atoms with E-state index in [1.54, 1.807) is 0 Å². The van der Waals surface area contributed by atoms with Gasteiger partial charge < -0.3 is 15.5 Å². The fourth-order valence-corrected chi connectivity index (χ4v) is 4.64. The minimum atomic E-state index is 0.396. The third-order valence-electron chi connectivity index (χ3n) is 6.41. The summed E-state index contributed by atoms with van der Waals surface area (Å²) >= 11 is 0. The number of nitrogens with zero attached hydrogens (tertiary/aromatic N) is 4. The fourth-order valence-electron chi connectivity index (χ4n) is 4.64. The number of fused-ring (bicyclic) bond motifs is 1. The molecule has 0 radical (unpaired) electrons. The molecule has 7 heteroatoms. The lowest BCUT2D eigenvalue weighted by molar-refractivity contribution is 0.352. The van der Waals surface area contributed by atoms with Crippen LogP contribution in [0.4, 0.5) is 11.8 Å². The van der Waals surface area contributed by atoms with Crippen LogP contribution < -0.4 is 15.5 Å². The summed E-state index contributed by atoms with van der Waals surface area (Å²) in [7, 11) is 4.05. The molecule has 0 aliphatic heterocycles. The molecular formula is C26H31N7. The number of rotatable bonds is 7. The van der Waals surface area contributed by atoms with Crippen LogP contribution in [0.1, 0.15) is 31.2 Å². The number of hydrogen-bond donors (Lipinski definition) is 3. The summed E-state index contributed by atoms with van der Waals surface area (Å²) in [6, 6.07) is 19.4. The zero-order valence-corrected chi connectivity index (χ0v) is 19.3. The molecular weight excluding hydrogens is 410 g/mol. The molecule has 1 aliphatic rings. The second-order valence-electron chi connectivity index (χ2n) is 8.98. The maximum atomic E-state index is 4.80. The van der Waals surface area contributed by atoms with E-state index in [2.05, 4.69) is 62.1 Å². The molecule has 2 aromatic carbocycles. The minimum absolute atomic E-state index is 0.396. The molecule has 170 valence electrons. The Kier molecular flexibility index (Phi) is 6.21. The molecule has 0 spiro atoms. The van der Waals surface area contributed by atoms with Crippen molar-refractivity contribution < 1.29 is 0 Å². The van der Waals surface area contributed by atoms with Crippen molar-refractivity contribution in [2.45, 2.75) is 44.3 Å². The van der Waals surface area contributed by atoms with Gasteiger partial charge in [-0.2, -0.15) is 10.1 Å². The summed E-state index contributed by atoms with van der Waals surface area (Å²) in [5, 5.41) is 15.9. The first-order chi connectivity index (χ1) is 16.2. The maximum Gasteiger partial charge on any atom is 0.225 e. The number of benzene rings is 2. The number of aromatic nitrogens is 4. The molecule has 3 N–H and O–H groups in total. The number of anilines is 2. The lowest BCUT2D eigenvalue weighted by Gasteiger charge is -2.30. The van der Waals surface area contributed by atoms with E-state index in [4.69, 9.17) is 9.97 Å². The van der Waals surface area contributed by atoms with Crippen LogP contribution in [-0.2, 0) is 6.54 Å². The van der Waals surface area contributed by atoms with Crippen LogP contribution in [0.5, 0.6) is 0 Å². The van der Waals surface area contributed by atoms with Crippen molar-refractivity contribution in [3.63, 3.8) is 0 Å². The molecule has 4 aromatic rings. The van der Waals surface area contributed by atoms with Gasteiger partial charge in [-0.1, -0.05) is 42.5 Å². The van der Waals surface area contributed by atoms with Crippen molar-refractivity contribution >= 4 is 22.7 Å². The molecule has 1 aliphatic carbocycles. The van der Waals surface area contributed by atoms with E-state index in [0.29, 0.717) is 12.1 Å². The molecule has 7 nitrogen and oxygen atoms in total. The van der Waals surface area contributed by atoms with Crippen LogP contribution in [0.3, 0.4) is 0 Å². The standard InChI is InChI=1S/C26H31N7/c1-33(2)25-22-10-6-7-11-23(22)30-26(31-25)29-21-14-12-20(13-15-21)27-16-19-17-28-32-24(19)18-8-4-3-5-9-18/h3-11,17,20-21,27H,12-16H2,1-2H3,(H,28,32)(H,29,30,31). The van der Waals surface area contributed by atoms with E-state index in [-0.39, 0.29) is 0 Å². The summed E-state index contributed by atoms with van der Waals surface area (Å²) in [5.41, 5.74) is 4.37. The lowest BCUT2D eigenvalue weighted by Crippen LogP contribution is -2.37. The largest absolute Gasteiger partial charge is 0.362 e. The van der Waals surface area contributed by atoms with Gasteiger partial charge in [0.05, 0.1) is 11.2 Å². The lowest BCUT2D eigenvalue weighted by atomic mass is 9.91. The highest BCUT2D eigenvalue weighted by atomic mass is 15.2. The summed E-state index contributed by atoms with van der Waals surface area (Å²) in [5.74, 6) is 1.67. The van der Waals surface area contributed by atoms with Crippen molar-refractivity contribution in [2.24, 2.45) is 0 Å². The van der Waals surface area contributed by atoms with Crippen molar-refractivity contribution in [1.82, 2.24) is 25.5 Å². The molecule has 1 saturated carbocycles. The Morgan fingerprint density at radius 1 is 0.909 bits per heavy atom. The van der Waals surface area contributed by atoms with Gasteiger partial charge in [0, 0.05) is 55.4 Å². The van der Waals surface area contributed by atoms with Gasteiger partial charge in [0.1, 0.15) is 5.82 Å². The summed E-state index contributed by atoms with van der Waals surface area (Å²) in [6.45, 7) is 0.823. The number of H-pyrrole nitrogens is 1. The summed E-state index contributed by atoms with van der Waals surface area (Å²) < 4.78 is 0. The van der Waals surface area contributed by atoms with Crippen LogP contribution >= 0.6 is 0 Å². The van der Waals surface area contributed by atoms with Gasteiger partial charge in [-0.15, -0.1) is 0 Å². The second kappa shape index (κ2) is 9.58. The molecule has 0 amide bonds. The zero-order chi connectivity index (χ0) is 22.6. The van der Waals surface area contributed by atoms with Crippen molar-refractivity contribution in [3.8, 4) is 11.3 Å². The van der Waals surface area contributed by atoms with Gasteiger partial charge in [0.25, 0.3) is 0 Å². The third kappa shape index (κ3) is 4.83. The highest BCUT2D eigenvalue weighted by molar-refractivity contribution is 5.90. The average molecular weight is 442 g/mol. The van der Waals surface area contributed by atoms with E-state index >= 15 is 0 Å². The zero-order valence-electron chi connectivity index (χ0n) is 19.3. The predicted octanol–water partition coefficient (Wildman–Crippen LogP) is 4.60. The first-order valence-corrected chi connectivity index (χ1v) is 11.7. The van der Waals surface area contributed by atoms with Gasteiger partial charge >= 0.3 is 0 Å². The SMILES string of the molecule is CN(C)c1nc(NC2CCC(NCc3c[nH]nc3-c3ccccc3)CC2)nc2ccccc12. The van der Waals surface area contributed by atoms with E-state index in [0.717, 1.165) is 66.2 Å². The number of aromatic amines is 1. The molecule has 0 saturated heterocycles. The Balaban J connectivity index is 1.18. The molecule has 0 atom stereocenters. The van der Waals surface area contributed by atoms with Crippen LogP contribution in [0.15, 0.2) is 60.8 Å². The smallest absolute Gasteiger partial charge is 0.225 e. The van der Waals surface area contributed by atoms with Crippen molar-refractivity contribution in [1.29, 1.82) is 0 Å². The number of nitrogens with one attached hydrogen (secondary N) is 3. The molecule has 0 unspecified atom stereocenters. The summed E-state index contributed by atoms with van der Waals surface area (Å²) in [6.07, 6.45) is 6.46. The van der Waals surface area contributed by atoms with E-state index < -0.39 is 0 Å². The summed E-state index contributed by atoms with van der Waals surface area (Å²) in [4.78, 5) is 11.6. The molecule has 2 heterocycles. The van der Waals surface area contributed by atoms with Crippen LogP contribution in [-0.4, -0.2) is 46.3 Å². The first-order valence-electron chi connectivity index (χ1n) is 11.7. The molecule has 1 fully saturated rings. The number of para-hydroxylation sites is 1. The molecule has 2 aromatic heterocycles. The van der Waals surface area contributed by atoms with Crippen LogP contribution in [0.2, 0.25) is 0 Å². The van der Waals surface area contributed by atoms with Gasteiger partial charge in [-0.3, -0.25) is 5.10 Å². The number of hydrogen-bond acceptors (Lipinski definition) is 6. The second-order valence-corrected chi connectivity index (χ2v) is 8.98. The first kappa shape index (κ1) is 21.4. The van der Waals surface area contributed by atoms with E-state index in [1.807, 2.05) is 38.5 Å². The van der Waals surface area contributed by atoms with E-state index in [9.17, 15) is 0 Å².